The van der Waals surface area contributed by atoms with Gasteiger partial charge in [-0.2, -0.15) is 0 Å². The maximum Gasteiger partial charge on any atom is 0.134 e. The van der Waals surface area contributed by atoms with Gasteiger partial charge in [-0.25, -0.2) is 0 Å². The van der Waals surface area contributed by atoms with Crippen molar-refractivity contribution in [1.82, 2.24) is 5.32 Å². The van der Waals surface area contributed by atoms with Crippen molar-refractivity contribution in [2.75, 3.05) is 6.54 Å². The lowest BCUT2D eigenvalue weighted by molar-refractivity contribution is 0.448. The molecule has 0 saturated carbocycles. The molecule has 0 fully saturated rings. The average Bonchev–Trinajstić information content (AvgIpc) is 2.73. The van der Waals surface area contributed by atoms with E-state index in [2.05, 4.69) is 31.3 Å². The van der Waals surface area contributed by atoms with Crippen LogP contribution < -0.4 is 5.32 Å². The normalized spacial score (nSPS) is 13.1. The molecule has 2 aromatic rings. The zero-order chi connectivity index (χ0) is 11.4. The van der Waals surface area contributed by atoms with Crippen LogP contribution in [0.2, 0.25) is 0 Å². The van der Waals surface area contributed by atoms with Crippen LogP contribution >= 0.6 is 0 Å². The molecule has 2 rings (SSSR count). The molecule has 0 aliphatic heterocycles. The van der Waals surface area contributed by atoms with E-state index >= 15 is 0 Å². The highest BCUT2D eigenvalue weighted by Gasteiger charge is 2.09. The highest BCUT2D eigenvalue weighted by atomic mass is 16.3. The summed E-state index contributed by atoms with van der Waals surface area (Å²) in [7, 11) is 0. The molecule has 1 aromatic carbocycles. The summed E-state index contributed by atoms with van der Waals surface area (Å²) < 4.78 is 5.80. The standard InChI is InChI=1S/C14H19NO/c1-3-4-9-15-11(2)14-10-12-7-5-6-8-13(12)16-14/h5-8,10-11,15H,3-4,9H2,1-2H3. The molecule has 1 aromatic heterocycles. The molecule has 0 spiro atoms. The Hall–Kier alpha value is -1.28. The summed E-state index contributed by atoms with van der Waals surface area (Å²) in [5, 5.41) is 4.65. The van der Waals surface area contributed by atoms with Crippen molar-refractivity contribution >= 4 is 11.0 Å². The molecular formula is C14H19NO. The van der Waals surface area contributed by atoms with Gasteiger partial charge < -0.3 is 9.73 Å². The summed E-state index contributed by atoms with van der Waals surface area (Å²) in [5.74, 6) is 1.03. The van der Waals surface area contributed by atoms with E-state index in [-0.39, 0.29) is 0 Å². The maximum absolute atomic E-state index is 5.80. The second-order valence-electron chi connectivity index (χ2n) is 4.22. The quantitative estimate of drug-likeness (QED) is 0.769. The summed E-state index contributed by atoms with van der Waals surface area (Å²) in [4.78, 5) is 0. The maximum atomic E-state index is 5.80. The molecule has 16 heavy (non-hydrogen) atoms. The number of unbranched alkanes of at least 4 members (excludes halogenated alkanes) is 1. The Balaban J connectivity index is 2.07. The summed E-state index contributed by atoms with van der Waals surface area (Å²) in [6.07, 6.45) is 2.43. The van der Waals surface area contributed by atoms with E-state index in [1.807, 2.05) is 18.2 Å². The van der Waals surface area contributed by atoms with Crippen LogP contribution in [-0.2, 0) is 0 Å². The van der Waals surface area contributed by atoms with Gasteiger partial charge in [0.05, 0.1) is 6.04 Å². The van der Waals surface area contributed by atoms with E-state index in [1.54, 1.807) is 0 Å². The fourth-order valence-electron chi connectivity index (χ4n) is 1.81. The van der Waals surface area contributed by atoms with Gasteiger partial charge in [0.2, 0.25) is 0 Å². The lowest BCUT2D eigenvalue weighted by Crippen LogP contribution is -2.19. The Morgan fingerprint density at radius 1 is 1.31 bits per heavy atom. The van der Waals surface area contributed by atoms with Crippen molar-refractivity contribution in [3.63, 3.8) is 0 Å². The van der Waals surface area contributed by atoms with E-state index in [0.717, 1.165) is 17.9 Å². The zero-order valence-electron chi connectivity index (χ0n) is 9.99. The average molecular weight is 217 g/mol. The molecule has 0 bridgehead atoms. The van der Waals surface area contributed by atoms with Crippen molar-refractivity contribution in [2.45, 2.75) is 32.7 Å². The lowest BCUT2D eigenvalue weighted by Gasteiger charge is -2.09. The topological polar surface area (TPSA) is 25.2 Å². The Kier molecular flexibility index (Phi) is 3.62. The van der Waals surface area contributed by atoms with Gasteiger partial charge in [0.15, 0.2) is 0 Å². The number of fused-ring (bicyclic) bond motifs is 1. The number of hydrogen-bond donors (Lipinski definition) is 1. The fraction of sp³-hybridized carbons (Fsp3) is 0.429. The van der Waals surface area contributed by atoms with Gasteiger partial charge in [-0.05, 0) is 32.0 Å². The predicted molar refractivity (Wildman–Crippen MR) is 67.5 cm³/mol. The third-order valence-electron chi connectivity index (χ3n) is 2.85. The lowest BCUT2D eigenvalue weighted by atomic mass is 10.2. The van der Waals surface area contributed by atoms with Crippen LogP contribution in [-0.4, -0.2) is 6.54 Å². The van der Waals surface area contributed by atoms with Crippen molar-refractivity contribution in [1.29, 1.82) is 0 Å². The monoisotopic (exact) mass is 217 g/mol. The molecule has 2 nitrogen and oxygen atoms in total. The molecule has 1 heterocycles. The Morgan fingerprint density at radius 2 is 2.12 bits per heavy atom. The second kappa shape index (κ2) is 5.17. The smallest absolute Gasteiger partial charge is 0.134 e. The molecule has 0 saturated heterocycles. The third kappa shape index (κ3) is 2.45. The van der Waals surface area contributed by atoms with Gasteiger partial charge in [-0.3, -0.25) is 0 Å². The molecular weight excluding hydrogens is 198 g/mol. The minimum absolute atomic E-state index is 0.291. The molecule has 0 radical (unpaired) electrons. The second-order valence-corrected chi connectivity index (χ2v) is 4.22. The Labute approximate surface area is 96.6 Å². The van der Waals surface area contributed by atoms with Gasteiger partial charge in [0.25, 0.3) is 0 Å². The molecule has 0 amide bonds. The third-order valence-corrected chi connectivity index (χ3v) is 2.85. The van der Waals surface area contributed by atoms with Crippen molar-refractivity contribution in [3.05, 3.63) is 36.1 Å². The van der Waals surface area contributed by atoms with Crippen LogP contribution in [0.15, 0.2) is 34.7 Å². The van der Waals surface area contributed by atoms with Crippen LogP contribution in [0.25, 0.3) is 11.0 Å². The first kappa shape index (κ1) is 11.2. The summed E-state index contributed by atoms with van der Waals surface area (Å²) >= 11 is 0. The van der Waals surface area contributed by atoms with Crippen LogP contribution in [0.3, 0.4) is 0 Å². The van der Waals surface area contributed by atoms with E-state index in [4.69, 9.17) is 4.42 Å². The number of rotatable bonds is 5. The van der Waals surface area contributed by atoms with Gasteiger partial charge in [0, 0.05) is 5.39 Å². The molecule has 0 aliphatic carbocycles. The molecule has 1 unspecified atom stereocenters. The SMILES string of the molecule is CCCCNC(C)c1cc2ccccc2o1. The molecule has 1 atom stereocenters. The van der Waals surface area contributed by atoms with Gasteiger partial charge in [-0.15, -0.1) is 0 Å². The Morgan fingerprint density at radius 3 is 2.88 bits per heavy atom. The van der Waals surface area contributed by atoms with E-state index < -0.39 is 0 Å². The van der Waals surface area contributed by atoms with Crippen molar-refractivity contribution in [2.24, 2.45) is 0 Å². The molecule has 2 heteroatoms. The molecule has 86 valence electrons. The summed E-state index contributed by atoms with van der Waals surface area (Å²) in [5.41, 5.74) is 0.974. The first-order chi connectivity index (χ1) is 7.81. The number of hydrogen-bond acceptors (Lipinski definition) is 2. The number of para-hydroxylation sites is 1. The number of benzene rings is 1. The van der Waals surface area contributed by atoms with Gasteiger partial charge >= 0.3 is 0 Å². The minimum atomic E-state index is 0.291. The van der Waals surface area contributed by atoms with Gasteiger partial charge in [0.1, 0.15) is 11.3 Å². The van der Waals surface area contributed by atoms with Crippen LogP contribution in [0, 0.1) is 0 Å². The number of nitrogens with one attached hydrogen (secondary N) is 1. The highest BCUT2D eigenvalue weighted by molar-refractivity contribution is 5.77. The highest BCUT2D eigenvalue weighted by Crippen LogP contribution is 2.23. The van der Waals surface area contributed by atoms with Crippen LogP contribution in [0.5, 0.6) is 0 Å². The summed E-state index contributed by atoms with van der Waals surface area (Å²) in [6.45, 7) is 5.40. The summed E-state index contributed by atoms with van der Waals surface area (Å²) in [6, 6.07) is 10.6. The van der Waals surface area contributed by atoms with E-state index in [0.29, 0.717) is 6.04 Å². The minimum Gasteiger partial charge on any atom is -0.459 e. The predicted octanol–water partition coefficient (Wildman–Crippen LogP) is 3.88. The van der Waals surface area contributed by atoms with E-state index in [1.165, 1.54) is 18.2 Å². The first-order valence-electron chi connectivity index (χ1n) is 6.03. The van der Waals surface area contributed by atoms with Crippen LogP contribution in [0.4, 0.5) is 0 Å². The zero-order valence-corrected chi connectivity index (χ0v) is 9.99. The largest absolute Gasteiger partial charge is 0.459 e. The first-order valence-corrected chi connectivity index (χ1v) is 6.03. The molecule has 0 aliphatic rings. The van der Waals surface area contributed by atoms with E-state index in [9.17, 15) is 0 Å². The number of furan rings is 1. The van der Waals surface area contributed by atoms with Gasteiger partial charge in [-0.1, -0.05) is 31.5 Å². The Bertz CT molecular complexity index is 414. The van der Waals surface area contributed by atoms with Crippen molar-refractivity contribution in [3.8, 4) is 0 Å². The van der Waals surface area contributed by atoms with Crippen molar-refractivity contribution < 1.29 is 4.42 Å². The molecule has 1 N–H and O–H groups in total. The fourth-order valence-corrected chi connectivity index (χ4v) is 1.81. The van der Waals surface area contributed by atoms with Crippen LogP contribution in [0.1, 0.15) is 38.5 Å².